The molecule has 0 aliphatic heterocycles. The Morgan fingerprint density at radius 2 is 1.75 bits per heavy atom. The molecule has 1 nitrogen and oxygen atoms in total. The summed E-state index contributed by atoms with van der Waals surface area (Å²) in [5, 5.41) is 4.56. The molecule has 1 rings (SSSR count). The minimum Gasteiger partial charge on any atom is -0.312 e. The van der Waals surface area contributed by atoms with E-state index < -0.39 is 0 Å². The van der Waals surface area contributed by atoms with Gasteiger partial charge in [-0.25, -0.2) is 0 Å². The molecule has 0 saturated heterocycles. The van der Waals surface area contributed by atoms with Crippen LogP contribution in [0.1, 0.15) is 39.5 Å². The minimum atomic E-state index is 0.654. The van der Waals surface area contributed by atoms with E-state index >= 15 is 0 Å². The fraction of sp³-hybridized carbons (Fsp3) is 1.00. The van der Waals surface area contributed by atoms with Crippen LogP contribution < -0.4 is 5.32 Å². The number of thioether (sulfide) groups is 1. The highest BCUT2D eigenvalue weighted by Gasteiger charge is 2.20. The molecule has 1 aliphatic rings. The second-order valence-electron chi connectivity index (χ2n) is 4.03. The van der Waals surface area contributed by atoms with Gasteiger partial charge in [-0.3, -0.25) is 0 Å². The van der Waals surface area contributed by atoms with Crippen molar-refractivity contribution in [3.63, 3.8) is 0 Å². The molecule has 0 unspecified atom stereocenters. The van der Waals surface area contributed by atoms with Gasteiger partial charge in [0.25, 0.3) is 0 Å². The van der Waals surface area contributed by atoms with Gasteiger partial charge in [-0.1, -0.05) is 13.8 Å². The van der Waals surface area contributed by atoms with Crippen LogP contribution in [0.2, 0.25) is 0 Å². The van der Waals surface area contributed by atoms with E-state index in [1.165, 1.54) is 25.7 Å². The Morgan fingerprint density at radius 3 is 2.17 bits per heavy atom. The Hall–Kier alpha value is 0.310. The van der Waals surface area contributed by atoms with Gasteiger partial charge in [0, 0.05) is 17.3 Å². The monoisotopic (exact) mass is 187 g/mol. The summed E-state index contributed by atoms with van der Waals surface area (Å²) in [5.74, 6) is 0. The third-order valence-corrected chi connectivity index (χ3v) is 3.71. The van der Waals surface area contributed by atoms with Gasteiger partial charge in [0.15, 0.2) is 0 Å². The first kappa shape index (κ1) is 10.4. The number of rotatable bonds is 3. The largest absolute Gasteiger partial charge is 0.312 e. The standard InChI is InChI=1S/C10H21NS/c1-8(2)11-9-4-6-10(12-3)7-5-9/h8-11H,4-7H2,1-3H3. The summed E-state index contributed by atoms with van der Waals surface area (Å²) >= 11 is 2.04. The zero-order chi connectivity index (χ0) is 8.97. The van der Waals surface area contributed by atoms with Crippen LogP contribution in [0.3, 0.4) is 0 Å². The maximum absolute atomic E-state index is 3.62. The topological polar surface area (TPSA) is 12.0 Å². The summed E-state index contributed by atoms with van der Waals surface area (Å²) in [6.45, 7) is 4.47. The molecule has 0 aromatic carbocycles. The van der Waals surface area contributed by atoms with Crippen molar-refractivity contribution in [1.29, 1.82) is 0 Å². The molecule has 1 fully saturated rings. The first-order chi connectivity index (χ1) is 5.72. The average molecular weight is 187 g/mol. The van der Waals surface area contributed by atoms with Crippen molar-refractivity contribution in [3.8, 4) is 0 Å². The summed E-state index contributed by atoms with van der Waals surface area (Å²) in [5.41, 5.74) is 0. The van der Waals surface area contributed by atoms with E-state index in [0.717, 1.165) is 11.3 Å². The van der Waals surface area contributed by atoms with Gasteiger partial charge in [-0.2, -0.15) is 11.8 Å². The van der Waals surface area contributed by atoms with Gasteiger partial charge in [0.1, 0.15) is 0 Å². The van der Waals surface area contributed by atoms with E-state index in [-0.39, 0.29) is 0 Å². The van der Waals surface area contributed by atoms with Crippen LogP contribution in [-0.4, -0.2) is 23.6 Å². The summed E-state index contributed by atoms with van der Waals surface area (Å²) < 4.78 is 0. The Kier molecular flexibility index (Phi) is 4.44. The van der Waals surface area contributed by atoms with Crippen LogP contribution in [0.4, 0.5) is 0 Å². The molecular weight excluding hydrogens is 166 g/mol. The van der Waals surface area contributed by atoms with Crippen LogP contribution in [0, 0.1) is 0 Å². The fourth-order valence-corrected chi connectivity index (χ4v) is 2.68. The number of hydrogen-bond donors (Lipinski definition) is 1. The number of hydrogen-bond acceptors (Lipinski definition) is 2. The van der Waals surface area contributed by atoms with Gasteiger partial charge in [0.2, 0.25) is 0 Å². The quantitative estimate of drug-likeness (QED) is 0.729. The van der Waals surface area contributed by atoms with E-state index in [2.05, 4.69) is 25.4 Å². The lowest BCUT2D eigenvalue weighted by Gasteiger charge is -2.29. The van der Waals surface area contributed by atoms with Crippen molar-refractivity contribution in [2.24, 2.45) is 0 Å². The summed E-state index contributed by atoms with van der Waals surface area (Å²) in [7, 11) is 0. The van der Waals surface area contributed by atoms with Gasteiger partial charge in [-0.15, -0.1) is 0 Å². The van der Waals surface area contributed by atoms with E-state index in [1.54, 1.807) is 0 Å². The van der Waals surface area contributed by atoms with E-state index in [0.29, 0.717) is 6.04 Å². The van der Waals surface area contributed by atoms with Crippen LogP contribution in [0.15, 0.2) is 0 Å². The van der Waals surface area contributed by atoms with Crippen molar-refractivity contribution >= 4 is 11.8 Å². The van der Waals surface area contributed by atoms with Crippen molar-refractivity contribution in [1.82, 2.24) is 5.32 Å². The van der Waals surface area contributed by atoms with Crippen LogP contribution in [0.5, 0.6) is 0 Å². The molecule has 0 radical (unpaired) electrons. The summed E-state index contributed by atoms with van der Waals surface area (Å²) in [6.07, 6.45) is 7.81. The molecule has 1 N–H and O–H groups in total. The highest BCUT2D eigenvalue weighted by atomic mass is 32.2. The van der Waals surface area contributed by atoms with E-state index in [9.17, 15) is 0 Å². The Morgan fingerprint density at radius 1 is 1.17 bits per heavy atom. The molecule has 1 saturated carbocycles. The maximum atomic E-state index is 3.62. The smallest absolute Gasteiger partial charge is 0.00702 e. The zero-order valence-electron chi connectivity index (χ0n) is 8.47. The van der Waals surface area contributed by atoms with Gasteiger partial charge >= 0.3 is 0 Å². The van der Waals surface area contributed by atoms with Crippen molar-refractivity contribution < 1.29 is 0 Å². The Labute approximate surface area is 80.7 Å². The van der Waals surface area contributed by atoms with Crippen molar-refractivity contribution in [2.75, 3.05) is 6.26 Å². The molecule has 2 heteroatoms. The fourth-order valence-electron chi connectivity index (χ4n) is 1.94. The lowest BCUT2D eigenvalue weighted by atomic mass is 9.94. The van der Waals surface area contributed by atoms with Crippen molar-refractivity contribution in [3.05, 3.63) is 0 Å². The molecule has 0 bridgehead atoms. The molecule has 1 aliphatic carbocycles. The van der Waals surface area contributed by atoms with Gasteiger partial charge < -0.3 is 5.32 Å². The maximum Gasteiger partial charge on any atom is 0.00702 e. The van der Waals surface area contributed by atoms with E-state index in [4.69, 9.17) is 0 Å². The predicted molar refractivity (Wildman–Crippen MR) is 57.8 cm³/mol. The third-order valence-electron chi connectivity index (χ3n) is 2.58. The van der Waals surface area contributed by atoms with Crippen LogP contribution >= 0.6 is 11.8 Å². The summed E-state index contributed by atoms with van der Waals surface area (Å²) in [6, 6.07) is 1.45. The van der Waals surface area contributed by atoms with Crippen LogP contribution in [0.25, 0.3) is 0 Å². The SMILES string of the molecule is CSC1CCC(NC(C)C)CC1. The molecule has 12 heavy (non-hydrogen) atoms. The molecule has 0 aromatic heterocycles. The highest BCUT2D eigenvalue weighted by Crippen LogP contribution is 2.26. The van der Waals surface area contributed by atoms with Gasteiger partial charge in [-0.05, 0) is 31.9 Å². The minimum absolute atomic E-state index is 0.654. The lowest BCUT2D eigenvalue weighted by Crippen LogP contribution is -2.38. The van der Waals surface area contributed by atoms with Crippen molar-refractivity contribution in [2.45, 2.75) is 56.9 Å². The first-order valence-electron chi connectivity index (χ1n) is 5.01. The molecule has 0 atom stereocenters. The summed E-state index contributed by atoms with van der Waals surface area (Å²) in [4.78, 5) is 0. The number of nitrogens with one attached hydrogen (secondary N) is 1. The molecular formula is C10H21NS. The Balaban J connectivity index is 2.17. The molecule has 0 spiro atoms. The zero-order valence-corrected chi connectivity index (χ0v) is 9.29. The molecule has 0 amide bonds. The highest BCUT2D eigenvalue weighted by molar-refractivity contribution is 7.99. The third kappa shape index (κ3) is 3.36. The molecule has 0 aromatic rings. The average Bonchev–Trinajstić information content (AvgIpc) is 2.05. The van der Waals surface area contributed by atoms with Gasteiger partial charge in [0.05, 0.1) is 0 Å². The molecule has 0 heterocycles. The Bertz CT molecular complexity index is 117. The first-order valence-corrected chi connectivity index (χ1v) is 6.30. The molecule has 72 valence electrons. The lowest BCUT2D eigenvalue weighted by molar-refractivity contribution is 0.357. The second-order valence-corrected chi connectivity index (χ2v) is 5.17. The second kappa shape index (κ2) is 5.13. The predicted octanol–water partition coefficient (Wildman–Crippen LogP) is 2.66. The normalized spacial score (nSPS) is 31.0. The van der Waals surface area contributed by atoms with E-state index in [1.807, 2.05) is 11.8 Å². The van der Waals surface area contributed by atoms with Crippen LogP contribution in [-0.2, 0) is 0 Å².